The molecule has 2 saturated heterocycles. The van der Waals surface area contributed by atoms with Gasteiger partial charge >= 0.3 is 0 Å². The van der Waals surface area contributed by atoms with Gasteiger partial charge in [-0.1, -0.05) is 0 Å². The Morgan fingerprint density at radius 3 is 1.21 bits per heavy atom. The maximum Gasteiger partial charge on any atom is 0.176 e. The number of nitrogens with zero attached hydrogens (tertiary/aromatic N) is 2. The Bertz CT molecular complexity index is 1130. The molecule has 4 fully saturated rings. The summed E-state index contributed by atoms with van der Waals surface area (Å²) in [5.74, 6) is 0. The van der Waals surface area contributed by atoms with E-state index in [0.717, 1.165) is 0 Å². The molecule has 4 aliphatic rings. The van der Waals surface area contributed by atoms with Gasteiger partial charge in [-0.3, -0.25) is 0 Å². The molecule has 0 aromatic heterocycles. The van der Waals surface area contributed by atoms with Gasteiger partial charge in [0.25, 0.3) is 0 Å². The van der Waals surface area contributed by atoms with Crippen LogP contribution in [0.15, 0.2) is 0 Å². The molecule has 2 heterocycles. The van der Waals surface area contributed by atoms with Crippen molar-refractivity contribution in [2.24, 2.45) is 45.9 Å². The Morgan fingerprint density at radius 1 is 0.534 bits per heavy atom. The maximum absolute atomic E-state index is 10.9. The van der Waals surface area contributed by atoms with Gasteiger partial charge in [0.15, 0.2) is 12.6 Å². The fourth-order valence-electron chi connectivity index (χ4n) is 7.93. The topological polar surface area (TPSA) is 432 Å². The van der Waals surface area contributed by atoms with Crippen molar-refractivity contribution in [3.05, 3.63) is 0 Å². The highest BCUT2D eigenvalue weighted by atomic mass is 16.7. The van der Waals surface area contributed by atoms with Crippen molar-refractivity contribution in [2.75, 3.05) is 66.6 Å². The van der Waals surface area contributed by atoms with Gasteiger partial charge in [0, 0.05) is 63.4 Å². The molecule has 2 aliphatic heterocycles. The molecule has 24 nitrogen and oxygen atoms in total. The van der Waals surface area contributed by atoms with Gasteiger partial charge in [-0.2, -0.15) is 0 Å². The van der Waals surface area contributed by atoms with E-state index in [4.69, 9.17) is 74.3 Å². The number of hydrogen-bond donors (Lipinski definition) is 16. The summed E-state index contributed by atoms with van der Waals surface area (Å²) >= 11 is 0. The molecule has 22 atom stereocenters. The molecule has 0 bridgehead atoms. The minimum absolute atomic E-state index is 0.113. The molecule has 0 amide bonds. The highest BCUT2D eigenvalue weighted by Gasteiger charge is 2.50. The summed E-state index contributed by atoms with van der Waals surface area (Å²) in [7, 11) is 3.57. The molecule has 342 valence electrons. The third kappa shape index (κ3) is 12.4. The minimum atomic E-state index is -1.39. The van der Waals surface area contributed by atoms with Crippen molar-refractivity contribution >= 4 is 0 Å². The van der Waals surface area contributed by atoms with E-state index >= 15 is 0 Å². The Hall–Kier alpha value is -0.960. The van der Waals surface area contributed by atoms with Gasteiger partial charge in [-0.25, -0.2) is 0 Å². The molecule has 24 N–H and O–H groups in total. The lowest BCUT2D eigenvalue weighted by Crippen LogP contribution is -2.68. The summed E-state index contributed by atoms with van der Waals surface area (Å²) in [6.45, 7) is 0.605. The number of nitrogens with two attached hydrogens (primary N) is 8. The average molecular weight is 845 g/mol. The largest absolute Gasteiger partial charge is 0.389 e. The zero-order valence-corrected chi connectivity index (χ0v) is 33.3. The number of aliphatic hydroxyl groups excluding tert-OH is 8. The third-order valence-electron chi connectivity index (χ3n) is 11.5. The van der Waals surface area contributed by atoms with E-state index in [1.165, 1.54) is 0 Å². The van der Waals surface area contributed by atoms with Crippen molar-refractivity contribution in [3.63, 3.8) is 0 Å². The van der Waals surface area contributed by atoms with E-state index in [0.29, 0.717) is 13.1 Å². The van der Waals surface area contributed by atoms with E-state index in [1.54, 1.807) is 14.1 Å². The normalized spacial score (nSPS) is 45.1. The van der Waals surface area contributed by atoms with Crippen molar-refractivity contribution in [1.29, 1.82) is 0 Å². The Labute approximate surface area is 338 Å². The average Bonchev–Trinajstić information content (AvgIpc) is 3.17. The van der Waals surface area contributed by atoms with Crippen LogP contribution in [-0.4, -0.2) is 252 Å². The van der Waals surface area contributed by atoms with Crippen molar-refractivity contribution in [2.45, 2.75) is 147 Å². The lowest BCUT2D eigenvalue weighted by molar-refractivity contribution is -0.292. The second-order valence-corrected chi connectivity index (χ2v) is 16.4. The molecule has 0 aromatic carbocycles. The van der Waals surface area contributed by atoms with Crippen LogP contribution < -0.4 is 45.9 Å². The summed E-state index contributed by atoms with van der Waals surface area (Å²) < 4.78 is 35.4. The molecule has 0 radical (unpaired) electrons. The molecule has 4 rings (SSSR count). The van der Waals surface area contributed by atoms with Crippen molar-refractivity contribution < 1.29 is 69.3 Å². The predicted octanol–water partition coefficient (Wildman–Crippen LogP) is -10.6. The Balaban J connectivity index is 1.23. The SMILES string of the molecule is CN(CCN(C)C[C@H](O)CO[C@@H]1[C@@H](O)[C@H](N)C[C@H](N)[C@H]1O[C@H]1O[C@H](CN)[C@@H](O)[C@H](O)[C@H]1N)C[C@H](O)CO[C@@H]1[C@@H](O)[C@H](N)C[C@H](N)[C@H]1O[C@H]1O[C@H](CN)[C@@H](O)[C@H](O)[C@H]1N. The molecule has 2 aliphatic carbocycles. The summed E-state index contributed by atoms with van der Waals surface area (Å²) in [6.07, 6.45) is -18.1. The van der Waals surface area contributed by atoms with Crippen LogP contribution in [0.3, 0.4) is 0 Å². The van der Waals surface area contributed by atoms with E-state index in [-0.39, 0.29) is 52.2 Å². The minimum Gasteiger partial charge on any atom is -0.389 e. The molecule has 2 saturated carbocycles. The van der Waals surface area contributed by atoms with E-state index in [9.17, 15) is 40.9 Å². The van der Waals surface area contributed by atoms with Crippen LogP contribution in [0.4, 0.5) is 0 Å². The Morgan fingerprint density at radius 2 is 0.879 bits per heavy atom. The quantitative estimate of drug-likeness (QED) is 0.0574. The first-order valence-corrected chi connectivity index (χ1v) is 19.9. The molecule has 58 heavy (non-hydrogen) atoms. The van der Waals surface area contributed by atoms with E-state index in [2.05, 4.69) is 0 Å². The van der Waals surface area contributed by atoms with Crippen LogP contribution >= 0.6 is 0 Å². The first kappa shape index (κ1) is 49.7. The van der Waals surface area contributed by atoms with Gasteiger partial charge < -0.3 is 125 Å². The smallest absolute Gasteiger partial charge is 0.176 e. The van der Waals surface area contributed by atoms with Crippen molar-refractivity contribution in [1.82, 2.24) is 9.80 Å². The third-order valence-corrected chi connectivity index (χ3v) is 11.5. The highest BCUT2D eigenvalue weighted by Crippen LogP contribution is 2.30. The highest BCUT2D eigenvalue weighted by molar-refractivity contribution is 5.02. The van der Waals surface area contributed by atoms with Crippen LogP contribution in [0.2, 0.25) is 0 Å². The number of hydrogen-bond acceptors (Lipinski definition) is 24. The van der Waals surface area contributed by atoms with Crippen LogP contribution in [0.25, 0.3) is 0 Å². The molecule has 0 spiro atoms. The molecule has 24 heteroatoms. The molecular weight excluding hydrogens is 772 g/mol. The summed E-state index contributed by atoms with van der Waals surface area (Å²) in [5, 5.41) is 84.9. The zero-order valence-electron chi connectivity index (χ0n) is 33.3. The van der Waals surface area contributed by atoms with Crippen LogP contribution in [0.5, 0.6) is 0 Å². The lowest BCUT2D eigenvalue weighted by atomic mass is 9.84. The number of rotatable bonds is 19. The van der Waals surface area contributed by atoms with Gasteiger partial charge in [-0.15, -0.1) is 0 Å². The fourth-order valence-corrected chi connectivity index (χ4v) is 7.93. The Kier molecular flexibility index (Phi) is 19.2. The van der Waals surface area contributed by atoms with E-state index in [1.807, 2.05) is 9.80 Å². The molecule has 0 unspecified atom stereocenters. The summed E-state index contributed by atoms with van der Waals surface area (Å²) in [5.41, 5.74) is 48.5. The van der Waals surface area contributed by atoms with Gasteiger partial charge in [0.1, 0.15) is 61.0 Å². The second kappa shape index (κ2) is 22.4. The molecule has 0 aromatic rings. The zero-order chi connectivity index (χ0) is 43.2. The summed E-state index contributed by atoms with van der Waals surface area (Å²) in [6, 6.07) is -5.25. The van der Waals surface area contributed by atoms with E-state index < -0.39 is 134 Å². The van der Waals surface area contributed by atoms with Gasteiger partial charge in [-0.05, 0) is 26.9 Å². The lowest BCUT2D eigenvalue weighted by Gasteiger charge is -2.47. The summed E-state index contributed by atoms with van der Waals surface area (Å²) in [4.78, 5) is 3.69. The monoisotopic (exact) mass is 845 g/mol. The standard InChI is InChI=1S/C34H72N10O14/c1-43(9-13(45)11-53-31-23(47)15(37)5-17(39)29(31)57-33-21(41)27(51)25(49)19(7-35)55-33)3-4-44(2)10-14(46)12-54-32-24(48)16(38)6-18(40)30(32)58-34-22(42)28(52)26(50)20(8-36)56-34/h13-34,45-52H,3-12,35-42H2,1-2H3/t13-,14-,15+,16+,17-,18-,19+,20+,21+,22+,23-,24-,25+,26+,27+,28+,29+,30+,31+,32+,33+,34+/m0/s1. The van der Waals surface area contributed by atoms with Gasteiger partial charge in [0.2, 0.25) is 0 Å². The van der Waals surface area contributed by atoms with Gasteiger partial charge in [0.05, 0.1) is 49.7 Å². The van der Waals surface area contributed by atoms with Crippen LogP contribution in [0.1, 0.15) is 12.8 Å². The fraction of sp³-hybridized carbons (Fsp3) is 1.00. The number of ether oxygens (including phenoxy) is 6. The predicted molar refractivity (Wildman–Crippen MR) is 205 cm³/mol. The number of aliphatic hydroxyl groups is 8. The first-order chi connectivity index (χ1) is 27.3. The molecular formula is C34H72N10O14. The van der Waals surface area contributed by atoms with Crippen molar-refractivity contribution in [3.8, 4) is 0 Å². The first-order valence-electron chi connectivity index (χ1n) is 19.9. The van der Waals surface area contributed by atoms with Crippen LogP contribution in [0, 0.1) is 0 Å². The second-order valence-electron chi connectivity index (χ2n) is 16.4. The maximum atomic E-state index is 10.9. The number of likely N-dealkylation sites (N-methyl/N-ethyl adjacent to an activating group) is 2. The van der Waals surface area contributed by atoms with Crippen LogP contribution in [-0.2, 0) is 28.4 Å².